The second-order valence-corrected chi connectivity index (χ2v) is 2.84. The maximum Gasteiger partial charge on any atom is 0.192 e. The Morgan fingerprint density at radius 1 is 1.36 bits per heavy atom. The number of aromatic nitrogens is 1. The largest absolute Gasteiger partial charge is 0.495 e. The molecule has 0 atom stereocenters. The molecule has 0 aliphatic carbocycles. The smallest absolute Gasteiger partial charge is 0.192 e. The molecule has 2 aromatic rings. The Bertz CT molecular complexity index is 533. The quantitative estimate of drug-likeness (QED) is 0.748. The van der Waals surface area contributed by atoms with Crippen LogP contribution in [0.4, 0.5) is 4.39 Å². The molecule has 0 fully saturated rings. The van der Waals surface area contributed by atoms with Gasteiger partial charge in [0.2, 0.25) is 0 Å². The van der Waals surface area contributed by atoms with Gasteiger partial charge in [-0.25, -0.2) is 4.39 Å². The van der Waals surface area contributed by atoms with Gasteiger partial charge in [0.05, 0.1) is 18.0 Å². The van der Waals surface area contributed by atoms with Crippen molar-refractivity contribution < 1.29 is 9.13 Å². The fraction of sp³-hybridized carbons (Fsp3) is 0.100. The van der Waals surface area contributed by atoms with Crippen molar-refractivity contribution in [2.45, 2.75) is 0 Å². The van der Waals surface area contributed by atoms with E-state index in [1.807, 2.05) is 0 Å². The summed E-state index contributed by atoms with van der Waals surface area (Å²) in [6, 6.07) is 3.98. The number of aromatic amines is 1. The molecule has 3 nitrogen and oxygen atoms in total. The third-order valence-corrected chi connectivity index (χ3v) is 2.04. The predicted octanol–water partition coefficient (Wildman–Crippen LogP) is 1.68. The lowest BCUT2D eigenvalue weighted by molar-refractivity contribution is 0.418. The normalized spacial score (nSPS) is 10.4. The van der Waals surface area contributed by atoms with Crippen LogP contribution in [0.5, 0.6) is 5.75 Å². The van der Waals surface area contributed by atoms with E-state index in [0.29, 0.717) is 11.3 Å². The number of nitrogens with one attached hydrogen (secondary N) is 1. The SMILES string of the molecule is COc1ccc(F)c2c(=O)cc[nH]c12. The van der Waals surface area contributed by atoms with Crippen LogP contribution in [-0.4, -0.2) is 12.1 Å². The average molecular weight is 193 g/mol. The van der Waals surface area contributed by atoms with Crippen molar-refractivity contribution in [3.63, 3.8) is 0 Å². The van der Waals surface area contributed by atoms with Crippen molar-refractivity contribution in [2.75, 3.05) is 7.11 Å². The lowest BCUT2D eigenvalue weighted by atomic mass is 10.2. The molecule has 0 radical (unpaired) electrons. The van der Waals surface area contributed by atoms with Gasteiger partial charge >= 0.3 is 0 Å². The van der Waals surface area contributed by atoms with E-state index < -0.39 is 5.82 Å². The van der Waals surface area contributed by atoms with Crippen LogP contribution >= 0.6 is 0 Å². The highest BCUT2D eigenvalue weighted by molar-refractivity contribution is 5.84. The van der Waals surface area contributed by atoms with E-state index in [1.54, 1.807) is 0 Å². The number of fused-ring (bicyclic) bond motifs is 1. The fourth-order valence-corrected chi connectivity index (χ4v) is 1.40. The molecule has 4 heteroatoms. The van der Waals surface area contributed by atoms with Crippen molar-refractivity contribution in [3.05, 3.63) is 40.4 Å². The molecule has 0 aliphatic rings. The van der Waals surface area contributed by atoms with Crippen LogP contribution in [-0.2, 0) is 0 Å². The van der Waals surface area contributed by atoms with Gasteiger partial charge in [0, 0.05) is 12.3 Å². The minimum Gasteiger partial charge on any atom is -0.495 e. The lowest BCUT2D eigenvalue weighted by Gasteiger charge is -2.04. The van der Waals surface area contributed by atoms with Crippen molar-refractivity contribution in [2.24, 2.45) is 0 Å². The van der Waals surface area contributed by atoms with Crippen molar-refractivity contribution in [1.29, 1.82) is 0 Å². The third kappa shape index (κ3) is 1.16. The molecule has 0 unspecified atom stereocenters. The van der Waals surface area contributed by atoms with Gasteiger partial charge in [-0.15, -0.1) is 0 Å². The zero-order valence-corrected chi connectivity index (χ0v) is 7.50. The van der Waals surface area contributed by atoms with Gasteiger partial charge < -0.3 is 9.72 Å². The van der Waals surface area contributed by atoms with Crippen molar-refractivity contribution in [3.8, 4) is 5.75 Å². The predicted molar refractivity (Wildman–Crippen MR) is 51.1 cm³/mol. The molecule has 72 valence electrons. The van der Waals surface area contributed by atoms with Crippen LogP contribution in [0.3, 0.4) is 0 Å². The summed E-state index contributed by atoms with van der Waals surface area (Å²) >= 11 is 0. The van der Waals surface area contributed by atoms with Crippen LogP contribution in [0.1, 0.15) is 0 Å². The van der Waals surface area contributed by atoms with Crippen molar-refractivity contribution in [1.82, 2.24) is 4.98 Å². The number of benzene rings is 1. The first kappa shape index (κ1) is 8.74. The van der Waals surface area contributed by atoms with Crippen molar-refractivity contribution >= 4 is 10.9 Å². The zero-order chi connectivity index (χ0) is 10.1. The van der Waals surface area contributed by atoms with Crippen LogP contribution in [0.25, 0.3) is 10.9 Å². The summed E-state index contributed by atoms with van der Waals surface area (Å²) in [6.45, 7) is 0. The second-order valence-electron chi connectivity index (χ2n) is 2.84. The van der Waals surface area contributed by atoms with Gasteiger partial charge in [-0.3, -0.25) is 4.79 Å². The highest BCUT2D eigenvalue weighted by atomic mass is 19.1. The Morgan fingerprint density at radius 3 is 2.86 bits per heavy atom. The highest BCUT2D eigenvalue weighted by Crippen LogP contribution is 2.22. The lowest BCUT2D eigenvalue weighted by Crippen LogP contribution is -2.03. The van der Waals surface area contributed by atoms with Gasteiger partial charge in [0.1, 0.15) is 11.6 Å². The van der Waals surface area contributed by atoms with Gasteiger partial charge in [0.25, 0.3) is 0 Å². The molecular weight excluding hydrogens is 185 g/mol. The Balaban J connectivity index is 2.99. The Kier molecular flexibility index (Phi) is 1.96. The maximum atomic E-state index is 13.3. The molecule has 0 bridgehead atoms. The molecule has 1 aromatic heterocycles. The summed E-state index contributed by atoms with van der Waals surface area (Å²) in [5, 5.41) is 0.0341. The molecule has 2 rings (SSSR count). The van der Waals surface area contributed by atoms with E-state index in [9.17, 15) is 9.18 Å². The molecule has 1 heterocycles. The minimum atomic E-state index is -0.539. The second kappa shape index (κ2) is 3.14. The molecule has 1 aromatic carbocycles. The number of methoxy groups -OCH3 is 1. The average Bonchev–Trinajstić information content (AvgIpc) is 2.18. The fourth-order valence-electron chi connectivity index (χ4n) is 1.40. The van der Waals surface area contributed by atoms with Crippen LogP contribution < -0.4 is 10.2 Å². The summed E-state index contributed by atoms with van der Waals surface area (Å²) in [5.41, 5.74) is 0.0372. The van der Waals surface area contributed by atoms with E-state index in [2.05, 4.69) is 4.98 Å². The molecule has 0 amide bonds. The van der Waals surface area contributed by atoms with Gasteiger partial charge in [0.15, 0.2) is 5.43 Å². The highest BCUT2D eigenvalue weighted by Gasteiger charge is 2.08. The third-order valence-electron chi connectivity index (χ3n) is 2.04. The standard InChI is InChI=1S/C10H8FNO2/c1-14-8-3-2-6(11)9-7(13)4-5-12-10(8)9/h2-5H,1H3,(H,12,13). The van der Waals surface area contributed by atoms with Gasteiger partial charge in [-0.05, 0) is 12.1 Å². The Labute approximate surface area is 79.1 Å². The number of hydrogen-bond acceptors (Lipinski definition) is 2. The summed E-state index contributed by atoms with van der Waals surface area (Å²) in [4.78, 5) is 14.1. The molecule has 0 saturated carbocycles. The van der Waals surface area contributed by atoms with E-state index in [1.165, 1.54) is 31.5 Å². The summed E-state index contributed by atoms with van der Waals surface area (Å²) < 4.78 is 18.3. The van der Waals surface area contributed by atoms with E-state index >= 15 is 0 Å². The number of hydrogen-bond donors (Lipinski definition) is 1. The maximum absolute atomic E-state index is 13.3. The number of H-pyrrole nitrogens is 1. The van der Waals surface area contributed by atoms with E-state index in [-0.39, 0.29) is 10.8 Å². The molecule has 0 saturated heterocycles. The monoisotopic (exact) mass is 193 g/mol. The Hall–Kier alpha value is -1.84. The van der Waals surface area contributed by atoms with Crippen LogP contribution in [0.15, 0.2) is 29.2 Å². The summed E-state index contributed by atoms with van der Waals surface area (Å²) in [6.07, 6.45) is 1.46. The first-order chi connectivity index (χ1) is 6.74. The summed E-state index contributed by atoms with van der Waals surface area (Å²) in [7, 11) is 1.47. The summed E-state index contributed by atoms with van der Waals surface area (Å²) in [5.74, 6) is -0.0817. The van der Waals surface area contributed by atoms with Gasteiger partial charge in [-0.1, -0.05) is 0 Å². The number of halogens is 1. The number of pyridine rings is 1. The molecule has 14 heavy (non-hydrogen) atoms. The first-order valence-corrected chi connectivity index (χ1v) is 4.08. The number of rotatable bonds is 1. The molecule has 0 aliphatic heterocycles. The van der Waals surface area contributed by atoms with E-state index in [0.717, 1.165) is 0 Å². The van der Waals surface area contributed by atoms with Gasteiger partial charge in [-0.2, -0.15) is 0 Å². The first-order valence-electron chi connectivity index (χ1n) is 4.08. The van der Waals surface area contributed by atoms with E-state index in [4.69, 9.17) is 4.74 Å². The molecular formula is C10H8FNO2. The Morgan fingerprint density at radius 2 is 2.14 bits per heavy atom. The topological polar surface area (TPSA) is 42.1 Å². The minimum absolute atomic E-state index is 0.0341. The zero-order valence-electron chi connectivity index (χ0n) is 7.50. The molecule has 0 spiro atoms. The molecule has 1 N–H and O–H groups in total. The van der Waals surface area contributed by atoms with Crippen LogP contribution in [0.2, 0.25) is 0 Å². The number of ether oxygens (including phenoxy) is 1. The van der Waals surface area contributed by atoms with Crippen LogP contribution in [0, 0.1) is 5.82 Å².